The van der Waals surface area contributed by atoms with Crippen LogP contribution in [0.3, 0.4) is 0 Å². The van der Waals surface area contributed by atoms with Gasteiger partial charge in [0.05, 0.1) is 0 Å². The van der Waals surface area contributed by atoms with E-state index in [4.69, 9.17) is 4.74 Å². The summed E-state index contributed by atoms with van der Waals surface area (Å²) in [7, 11) is 0. The molecule has 132 valence electrons. The van der Waals surface area contributed by atoms with E-state index in [1.165, 1.54) is 26.2 Å². The first-order valence-corrected chi connectivity index (χ1v) is 9.51. The maximum atomic E-state index is 11.8. The molecule has 0 bridgehead atoms. The SMILES string of the molecule is CC(=O)O[C@H]1CC[C@H]2[C@@H]3CC[C@H]4NC(=O)C=C[C@]4(C)[C@H]3CC[C@]12C. The Morgan fingerprint density at radius 3 is 2.71 bits per heavy atom. The Hall–Kier alpha value is -1.32. The number of hydrogen-bond donors (Lipinski definition) is 1. The van der Waals surface area contributed by atoms with Gasteiger partial charge in [0.25, 0.3) is 0 Å². The van der Waals surface area contributed by atoms with Crippen molar-refractivity contribution in [2.24, 2.45) is 28.6 Å². The van der Waals surface area contributed by atoms with E-state index in [0.29, 0.717) is 17.8 Å². The fraction of sp³-hybridized carbons (Fsp3) is 0.800. The minimum atomic E-state index is -0.141. The van der Waals surface area contributed by atoms with E-state index in [1.807, 2.05) is 0 Å². The van der Waals surface area contributed by atoms with E-state index in [2.05, 4.69) is 25.2 Å². The largest absolute Gasteiger partial charge is 0.462 e. The first-order valence-electron chi connectivity index (χ1n) is 9.51. The van der Waals surface area contributed by atoms with Gasteiger partial charge in [-0.15, -0.1) is 0 Å². The monoisotopic (exact) mass is 331 g/mol. The fourth-order valence-corrected chi connectivity index (χ4v) is 6.68. The lowest BCUT2D eigenvalue weighted by Crippen LogP contribution is -2.59. The lowest BCUT2D eigenvalue weighted by molar-refractivity contribution is -0.157. The number of hydrogen-bond acceptors (Lipinski definition) is 3. The van der Waals surface area contributed by atoms with Crippen LogP contribution in [0.15, 0.2) is 12.2 Å². The van der Waals surface area contributed by atoms with E-state index in [0.717, 1.165) is 19.3 Å². The molecule has 1 N–H and O–H groups in total. The van der Waals surface area contributed by atoms with Crippen LogP contribution in [0.25, 0.3) is 0 Å². The van der Waals surface area contributed by atoms with Gasteiger partial charge in [-0.05, 0) is 62.4 Å². The van der Waals surface area contributed by atoms with Crippen LogP contribution in [0.1, 0.15) is 59.3 Å². The summed E-state index contributed by atoms with van der Waals surface area (Å²) < 4.78 is 5.70. The number of amides is 1. The van der Waals surface area contributed by atoms with Gasteiger partial charge in [-0.1, -0.05) is 19.9 Å². The van der Waals surface area contributed by atoms with Crippen LogP contribution in [-0.2, 0) is 14.3 Å². The molecule has 4 rings (SSSR count). The lowest BCUT2D eigenvalue weighted by atomic mass is 9.48. The van der Waals surface area contributed by atoms with E-state index in [1.54, 1.807) is 6.08 Å². The summed E-state index contributed by atoms with van der Waals surface area (Å²) in [6.45, 7) is 6.22. The molecule has 4 nitrogen and oxygen atoms in total. The van der Waals surface area contributed by atoms with Crippen molar-refractivity contribution in [1.82, 2.24) is 5.32 Å². The highest BCUT2D eigenvalue weighted by atomic mass is 16.5. The van der Waals surface area contributed by atoms with Crippen LogP contribution in [0, 0.1) is 28.6 Å². The molecule has 4 aliphatic rings. The molecule has 3 saturated carbocycles. The Bertz CT molecular complexity index is 600. The Kier molecular flexibility index (Phi) is 3.59. The quantitative estimate of drug-likeness (QED) is 0.751. The van der Waals surface area contributed by atoms with Gasteiger partial charge in [-0.3, -0.25) is 9.59 Å². The lowest BCUT2D eigenvalue weighted by Gasteiger charge is -2.58. The van der Waals surface area contributed by atoms with Crippen LogP contribution < -0.4 is 5.32 Å². The predicted octanol–water partition coefficient (Wildman–Crippen LogP) is 3.22. The van der Waals surface area contributed by atoms with Gasteiger partial charge in [-0.25, -0.2) is 0 Å². The molecule has 0 saturated heterocycles. The van der Waals surface area contributed by atoms with Crippen molar-refractivity contribution in [2.75, 3.05) is 0 Å². The Labute approximate surface area is 144 Å². The summed E-state index contributed by atoms with van der Waals surface area (Å²) in [5.74, 6) is 1.88. The molecule has 1 heterocycles. The Balaban J connectivity index is 1.62. The number of ether oxygens (including phenoxy) is 1. The van der Waals surface area contributed by atoms with Crippen molar-refractivity contribution in [1.29, 1.82) is 0 Å². The van der Waals surface area contributed by atoms with Crippen molar-refractivity contribution in [3.05, 3.63) is 12.2 Å². The maximum Gasteiger partial charge on any atom is 0.302 e. The van der Waals surface area contributed by atoms with Crippen LogP contribution in [0.5, 0.6) is 0 Å². The van der Waals surface area contributed by atoms with Crippen LogP contribution in [0.2, 0.25) is 0 Å². The van der Waals surface area contributed by atoms with Crippen molar-refractivity contribution < 1.29 is 14.3 Å². The zero-order valence-corrected chi connectivity index (χ0v) is 15.0. The smallest absolute Gasteiger partial charge is 0.302 e. The highest BCUT2D eigenvalue weighted by Crippen LogP contribution is 2.63. The minimum absolute atomic E-state index is 0.0624. The molecule has 3 fully saturated rings. The summed E-state index contributed by atoms with van der Waals surface area (Å²) in [6.07, 6.45) is 10.8. The maximum absolute atomic E-state index is 11.8. The number of nitrogens with one attached hydrogen (secondary N) is 1. The second-order valence-electron chi connectivity index (χ2n) is 8.93. The molecular weight excluding hydrogens is 302 g/mol. The molecule has 0 unspecified atom stereocenters. The number of fused-ring (bicyclic) bond motifs is 5. The molecule has 0 aromatic heterocycles. The van der Waals surface area contributed by atoms with Crippen molar-refractivity contribution in [3.63, 3.8) is 0 Å². The highest BCUT2D eigenvalue weighted by molar-refractivity contribution is 5.89. The van der Waals surface area contributed by atoms with Gasteiger partial charge < -0.3 is 10.1 Å². The number of rotatable bonds is 1. The first-order chi connectivity index (χ1) is 11.3. The summed E-state index contributed by atoms with van der Waals surface area (Å²) in [5.41, 5.74) is 0.218. The molecule has 0 spiro atoms. The number of esters is 1. The zero-order chi connectivity index (χ0) is 17.1. The molecule has 0 aromatic carbocycles. The van der Waals surface area contributed by atoms with Crippen LogP contribution in [-0.4, -0.2) is 24.0 Å². The van der Waals surface area contributed by atoms with Crippen LogP contribution >= 0.6 is 0 Å². The topological polar surface area (TPSA) is 55.4 Å². The number of carbonyl (C=O) groups excluding carboxylic acids is 2. The molecule has 1 aliphatic heterocycles. The summed E-state index contributed by atoms with van der Waals surface area (Å²) in [4.78, 5) is 23.3. The predicted molar refractivity (Wildman–Crippen MR) is 91.0 cm³/mol. The van der Waals surface area contributed by atoms with E-state index in [9.17, 15) is 9.59 Å². The Morgan fingerprint density at radius 2 is 1.96 bits per heavy atom. The molecule has 0 aromatic rings. The van der Waals surface area contributed by atoms with Gasteiger partial charge in [0.1, 0.15) is 6.10 Å². The van der Waals surface area contributed by atoms with E-state index in [-0.39, 0.29) is 34.9 Å². The standard InChI is InChI=1S/C20H29NO3/c1-12(22)24-17-7-5-14-13-4-6-16-19(2,11-9-18(23)21-16)15(13)8-10-20(14,17)3/h9,11,13-17H,4-8,10H2,1-3H3,(H,21,23)/t13-,14-,15-,16+,17-,19+,20-/m0/s1. The second-order valence-corrected chi connectivity index (χ2v) is 8.93. The van der Waals surface area contributed by atoms with Gasteiger partial charge in [0, 0.05) is 23.8 Å². The third-order valence-electron chi connectivity index (χ3n) is 7.91. The highest BCUT2D eigenvalue weighted by Gasteiger charge is 2.60. The van der Waals surface area contributed by atoms with E-state index < -0.39 is 0 Å². The normalized spacial score (nSPS) is 49.6. The second kappa shape index (κ2) is 5.34. The molecule has 4 heteroatoms. The van der Waals surface area contributed by atoms with Crippen molar-refractivity contribution in [3.8, 4) is 0 Å². The molecule has 1 amide bonds. The third kappa shape index (κ3) is 2.18. The van der Waals surface area contributed by atoms with Gasteiger partial charge in [-0.2, -0.15) is 0 Å². The number of carbonyl (C=O) groups is 2. The molecule has 24 heavy (non-hydrogen) atoms. The fourth-order valence-electron chi connectivity index (χ4n) is 6.68. The molecule has 3 aliphatic carbocycles. The first kappa shape index (κ1) is 16.2. The summed E-state index contributed by atoms with van der Waals surface area (Å²) >= 11 is 0. The summed E-state index contributed by atoms with van der Waals surface area (Å²) in [5, 5.41) is 3.20. The summed E-state index contributed by atoms with van der Waals surface area (Å²) in [6, 6.07) is 0.284. The molecule has 0 radical (unpaired) electrons. The Morgan fingerprint density at radius 1 is 1.17 bits per heavy atom. The molecule has 7 atom stereocenters. The van der Waals surface area contributed by atoms with Gasteiger partial charge in [0.2, 0.25) is 5.91 Å². The van der Waals surface area contributed by atoms with Gasteiger partial charge >= 0.3 is 5.97 Å². The average Bonchev–Trinajstić information content (AvgIpc) is 2.84. The third-order valence-corrected chi connectivity index (χ3v) is 7.91. The molecular formula is C20H29NO3. The zero-order valence-electron chi connectivity index (χ0n) is 15.0. The van der Waals surface area contributed by atoms with E-state index >= 15 is 0 Å². The van der Waals surface area contributed by atoms with Crippen LogP contribution in [0.4, 0.5) is 0 Å². The van der Waals surface area contributed by atoms with Gasteiger partial charge in [0.15, 0.2) is 0 Å². The van der Waals surface area contributed by atoms with Crippen molar-refractivity contribution >= 4 is 11.9 Å². The minimum Gasteiger partial charge on any atom is -0.462 e. The van der Waals surface area contributed by atoms with Crippen molar-refractivity contribution in [2.45, 2.75) is 71.4 Å². The average molecular weight is 331 g/mol.